The Kier molecular flexibility index (Phi) is 49.4. The molecule has 11 heteroatoms. The van der Waals surface area contributed by atoms with E-state index in [2.05, 4.69) is 127 Å². The predicted octanol–water partition coefficient (Wildman–Crippen LogP) is 9.17. The molecule has 0 bridgehead atoms. The molecule has 0 rings (SSSR count). The summed E-state index contributed by atoms with van der Waals surface area (Å²) >= 11 is 0. The van der Waals surface area contributed by atoms with Gasteiger partial charge in [-0.15, -0.1) is 0 Å². The van der Waals surface area contributed by atoms with E-state index in [1.54, 1.807) is 0 Å². The SMILES string of the molecule is CC/C=C\CCCCNC(=O)CCN(CCCN(C)CCC)CCC(=O)NCCCC/C=C\CC.CC/C=C\CCCCNC(=O)CCNCCC(=O)NCCCC/C=C\CC. The second kappa shape index (κ2) is 50.4. The summed E-state index contributed by atoms with van der Waals surface area (Å²) in [6, 6.07) is 0. The maximum atomic E-state index is 12.3. The summed E-state index contributed by atoms with van der Waals surface area (Å²) in [5, 5.41) is 15.1. The smallest absolute Gasteiger partial charge is 0.221 e. The Morgan fingerprint density at radius 2 is 0.710 bits per heavy atom. The van der Waals surface area contributed by atoms with Crippen LogP contribution in [0.1, 0.15) is 176 Å². The molecule has 0 aliphatic heterocycles. The first-order chi connectivity index (χ1) is 30.2. The molecule has 11 nitrogen and oxygen atoms in total. The van der Waals surface area contributed by atoms with Crippen molar-refractivity contribution in [2.75, 3.05) is 79.0 Å². The lowest BCUT2D eigenvalue weighted by molar-refractivity contribution is -0.122. The Morgan fingerprint density at radius 3 is 1.03 bits per heavy atom. The van der Waals surface area contributed by atoms with Crippen molar-refractivity contribution in [3.8, 4) is 0 Å². The van der Waals surface area contributed by atoms with Crippen LogP contribution in [0.3, 0.4) is 0 Å². The van der Waals surface area contributed by atoms with E-state index in [0.717, 1.165) is 161 Å². The molecular weight excluding hydrogens is 775 g/mol. The van der Waals surface area contributed by atoms with Gasteiger partial charge >= 0.3 is 0 Å². The number of allylic oxidation sites excluding steroid dienone is 8. The van der Waals surface area contributed by atoms with Gasteiger partial charge in [0.25, 0.3) is 0 Å². The standard InChI is InChI=1S/C29H56N4O2.C22H41N3O2/c1-5-8-10-12-14-16-21-30-28(34)19-26-33(25-18-24-32(4)23-7-3)27-20-29(35)31-22-17-15-13-11-9-6-2;1-3-5-7-9-11-13-17-24-21(26)15-19-23-20-16-22(27)25-18-14-12-10-8-6-4-2/h8-11H,5-7,12-27H2,1-4H3,(H,30,34)(H,31,35);5-8,23H,3-4,9-20H2,1-2H3,(H,24,26)(H,25,27)/b10-8-,11-9-;7-5-,8-6-. The lowest BCUT2D eigenvalue weighted by Crippen LogP contribution is -2.36. The summed E-state index contributed by atoms with van der Waals surface area (Å²) < 4.78 is 0. The van der Waals surface area contributed by atoms with E-state index >= 15 is 0 Å². The number of nitrogens with zero attached hydrogens (tertiary/aromatic N) is 2. The molecule has 0 aliphatic rings. The molecule has 0 radical (unpaired) electrons. The normalized spacial score (nSPS) is 11.6. The topological polar surface area (TPSA) is 135 Å². The summed E-state index contributed by atoms with van der Waals surface area (Å²) in [5.74, 6) is 0.383. The Bertz CT molecular complexity index is 1080. The van der Waals surface area contributed by atoms with Crippen LogP contribution in [-0.2, 0) is 19.2 Å². The maximum Gasteiger partial charge on any atom is 0.221 e. The van der Waals surface area contributed by atoms with Gasteiger partial charge in [0.2, 0.25) is 23.6 Å². The Hall–Kier alpha value is -3.28. The number of amides is 4. The molecule has 0 heterocycles. The van der Waals surface area contributed by atoms with Crippen LogP contribution < -0.4 is 26.6 Å². The molecule has 0 aromatic rings. The van der Waals surface area contributed by atoms with Gasteiger partial charge in [-0.25, -0.2) is 0 Å². The van der Waals surface area contributed by atoms with E-state index in [1.165, 1.54) is 0 Å². The highest BCUT2D eigenvalue weighted by atomic mass is 16.2. The van der Waals surface area contributed by atoms with Crippen LogP contribution in [0.15, 0.2) is 48.6 Å². The average molecular weight is 872 g/mol. The lowest BCUT2D eigenvalue weighted by Gasteiger charge is -2.23. The quantitative estimate of drug-likeness (QED) is 0.0305. The van der Waals surface area contributed by atoms with Crippen LogP contribution in [0, 0.1) is 0 Å². The van der Waals surface area contributed by atoms with Gasteiger partial charge in [0, 0.05) is 78.0 Å². The minimum atomic E-state index is 0.0770. The van der Waals surface area contributed by atoms with Crippen molar-refractivity contribution in [2.24, 2.45) is 0 Å². The van der Waals surface area contributed by atoms with Crippen LogP contribution in [0.25, 0.3) is 0 Å². The predicted molar refractivity (Wildman–Crippen MR) is 265 cm³/mol. The van der Waals surface area contributed by atoms with Crippen molar-refractivity contribution in [3.05, 3.63) is 48.6 Å². The molecule has 5 N–H and O–H groups in total. The highest BCUT2D eigenvalue weighted by molar-refractivity contribution is 5.77. The fraction of sp³-hybridized carbons (Fsp3) is 0.765. The van der Waals surface area contributed by atoms with Gasteiger partial charge < -0.3 is 36.4 Å². The summed E-state index contributed by atoms with van der Waals surface area (Å²) in [5.41, 5.74) is 0. The fourth-order valence-corrected chi connectivity index (χ4v) is 6.39. The van der Waals surface area contributed by atoms with Gasteiger partial charge in [0.15, 0.2) is 0 Å². The number of hydrogen-bond acceptors (Lipinski definition) is 7. The van der Waals surface area contributed by atoms with Crippen molar-refractivity contribution >= 4 is 23.6 Å². The molecule has 0 saturated carbocycles. The molecule has 4 amide bonds. The van der Waals surface area contributed by atoms with Gasteiger partial charge in [0.05, 0.1) is 0 Å². The zero-order valence-corrected chi connectivity index (χ0v) is 41.0. The first-order valence-electron chi connectivity index (χ1n) is 25.0. The molecule has 0 unspecified atom stereocenters. The van der Waals surface area contributed by atoms with Crippen molar-refractivity contribution in [1.82, 2.24) is 36.4 Å². The molecule has 0 aliphatic carbocycles. The number of unbranched alkanes of at least 4 members (excludes halogenated alkanes) is 8. The number of nitrogens with one attached hydrogen (secondary N) is 5. The molecule has 360 valence electrons. The fourth-order valence-electron chi connectivity index (χ4n) is 6.39. The molecule has 0 aromatic carbocycles. The number of carbonyl (C=O) groups is 4. The van der Waals surface area contributed by atoms with Crippen molar-refractivity contribution < 1.29 is 19.2 Å². The zero-order chi connectivity index (χ0) is 46.0. The summed E-state index contributed by atoms with van der Waals surface area (Å²) in [7, 11) is 2.16. The largest absolute Gasteiger partial charge is 0.356 e. The van der Waals surface area contributed by atoms with Crippen molar-refractivity contribution in [3.63, 3.8) is 0 Å². The zero-order valence-electron chi connectivity index (χ0n) is 41.0. The van der Waals surface area contributed by atoms with E-state index in [0.29, 0.717) is 51.9 Å². The Balaban J connectivity index is 0. The third kappa shape index (κ3) is 49.4. The Labute approximate surface area is 381 Å². The first-order valence-corrected chi connectivity index (χ1v) is 25.0. The molecule has 0 saturated heterocycles. The molecular formula is C51H97N7O4. The average Bonchev–Trinajstić information content (AvgIpc) is 3.26. The second-order valence-electron chi connectivity index (χ2n) is 16.2. The minimum absolute atomic E-state index is 0.0770. The highest BCUT2D eigenvalue weighted by Gasteiger charge is 2.11. The van der Waals surface area contributed by atoms with Gasteiger partial charge in [-0.2, -0.15) is 0 Å². The first kappa shape index (κ1) is 60.8. The number of carbonyl (C=O) groups excluding carboxylic acids is 4. The van der Waals surface area contributed by atoms with E-state index in [9.17, 15) is 19.2 Å². The van der Waals surface area contributed by atoms with Crippen LogP contribution in [0.2, 0.25) is 0 Å². The molecule has 0 atom stereocenters. The summed E-state index contributed by atoms with van der Waals surface area (Å²) in [6.45, 7) is 19.4. The van der Waals surface area contributed by atoms with E-state index in [-0.39, 0.29) is 23.6 Å². The third-order valence-electron chi connectivity index (χ3n) is 10.1. The summed E-state index contributed by atoms with van der Waals surface area (Å²) in [4.78, 5) is 52.6. The molecule has 0 aromatic heterocycles. The Morgan fingerprint density at radius 1 is 0.371 bits per heavy atom. The van der Waals surface area contributed by atoms with Gasteiger partial charge in [0.1, 0.15) is 0 Å². The minimum Gasteiger partial charge on any atom is -0.356 e. The number of rotatable bonds is 42. The van der Waals surface area contributed by atoms with E-state index < -0.39 is 0 Å². The van der Waals surface area contributed by atoms with E-state index in [4.69, 9.17) is 0 Å². The monoisotopic (exact) mass is 872 g/mol. The van der Waals surface area contributed by atoms with Crippen LogP contribution >= 0.6 is 0 Å². The third-order valence-corrected chi connectivity index (χ3v) is 10.1. The molecule has 0 spiro atoms. The molecule has 0 fully saturated rings. The van der Waals surface area contributed by atoms with Crippen molar-refractivity contribution in [1.29, 1.82) is 0 Å². The van der Waals surface area contributed by atoms with Gasteiger partial charge in [-0.05, 0) is 142 Å². The van der Waals surface area contributed by atoms with Crippen LogP contribution in [-0.4, -0.2) is 112 Å². The highest BCUT2D eigenvalue weighted by Crippen LogP contribution is 2.02. The summed E-state index contributed by atoms with van der Waals surface area (Å²) in [6.07, 6.45) is 38.9. The van der Waals surface area contributed by atoms with Gasteiger partial charge in [-0.1, -0.05) is 83.2 Å². The molecule has 62 heavy (non-hydrogen) atoms. The van der Waals surface area contributed by atoms with Crippen molar-refractivity contribution in [2.45, 2.75) is 176 Å². The van der Waals surface area contributed by atoms with Gasteiger partial charge in [-0.3, -0.25) is 19.2 Å². The van der Waals surface area contributed by atoms with E-state index in [1.807, 2.05) is 0 Å². The second-order valence-corrected chi connectivity index (χ2v) is 16.2. The van der Waals surface area contributed by atoms with Crippen LogP contribution in [0.5, 0.6) is 0 Å². The number of hydrogen-bond donors (Lipinski definition) is 5. The maximum absolute atomic E-state index is 12.3. The van der Waals surface area contributed by atoms with Crippen LogP contribution in [0.4, 0.5) is 0 Å². The lowest BCUT2D eigenvalue weighted by atomic mass is 10.2.